The third kappa shape index (κ3) is 5.45. The highest BCUT2D eigenvalue weighted by Gasteiger charge is 2.22. The Bertz CT molecular complexity index is 2000. The molecule has 45 heavy (non-hydrogen) atoms. The SMILES string of the molecule is COc1ccc(-c2cc(-c3cn(-c4ccccc4)nc3-c3nnn(-c4ccccc4)c3C)cc(-c3ccc(OC)cc3)n2)cc1. The topological polar surface area (TPSA) is 79.9 Å². The van der Waals surface area contributed by atoms with Crippen molar-refractivity contribution >= 4 is 0 Å². The molecule has 7 rings (SSSR count). The summed E-state index contributed by atoms with van der Waals surface area (Å²) in [5, 5.41) is 14.3. The van der Waals surface area contributed by atoms with Gasteiger partial charge in [0.1, 0.15) is 22.9 Å². The fourth-order valence-corrected chi connectivity index (χ4v) is 5.34. The Balaban J connectivity index is 1.44. The standard InChI is InChI=1S/C37H30N6O2/c1-25-36(39-41-43(25)30-12-8-5-9-13-30)37-33(24-42(40-37)29-10-6-4-7-11-29)28-22-34(26-14-18-31(44-2)19-15-26)38-35(23-28)27-16-20-32(45-3)21-17-27/h4-24H,1-3H3. The molecule has 8 nitrogen and oxygen atoms in total. The van der Waals surface area contributed by atoms with Gasteiger partial charge in [-0.05, 0) is 97.4 Å². The second-order valence-electron chi connectivity index (χ2n) is 10.5. The first-order chi connectivity index (χ1) is 22.1. The molecule has 0 saturated carbocycles. The lowest BCUT2D eigenvalue weighted by atomic mass is 9.99. The minimum atomic E-state index is 0.706. The van der Waals surface area contributed by atoms with Crippen molar-refractivity contribution in [2.75, 3.05) is 14.2 Å². The van der Waals surface area contributed by atoms with Gasteiger partial charge < -0.3 is 9.47 Å². The van der Waals surface area contributed by atoms with Crippen LogP contribution in [0.1, 0.15) is 5.69 Å². The third-order valence-corrected chi connectivity index (χ3v) is 7.76. The van der Waals surface area contributed by atoms with Gasteiger partial charge in [0, 0.05) is 22.9 Å². The molecule has 0 radical (unpaired) electrons. The van der Waals surface area contributed by atoms with Crippen LogP contribution in [0.4, 0.5) is 0 Å². The van der Waals surface area contributed by atoms with Gasteiger partial charge in [0.2, 0.25) is 0 Å². The van der Waals surface area contributed by atoms with E-state index < -0.39 is 0 Å². The van der Waals surface area contributed by atoms with Crippen molar-refractivity contribution in [1.82, 2.24) is 29.8 Å². The van der Waals surface area contributed by atoms with Crippen LogP contribution in [0.15, 0.2) is 128 Å². The van der Waals surface area contributed by atoms with Gasteiger partial charge in [-0.2, -0.15) is 5.10 Å². The van der Waals surface area contributed by atoms with E-state index in [1.54, 1.807) is 14.2 Å². The summed E-state index contributed by atoms with van der Waals surface area (Å²) in [5.41, 5.74) is 9.65. The molecule has 0 atom stereocenters. The van der Waals surface area contributed by atoms with E-state index in [2.05, 4.69) is 28.6 Å². The van der Waals surface area contributed by atoms with Gasteiger partial charge in [-0.25, -0.2) is 14.3 Å². The number of hydrogen-bond donors (Lipinski definition) is 0. The van der Waals surface area contributed by atoms with E-state index >= 15 is 0 Å². The van der Waals surface area contributed by atoms with Crippen LogP contribution in [-0.2, 0) is 0 Å². The van der Waals surface area contributed by atoms with Crippen LogP contribution in [0.3, 0.4) is 0 Å². The summed E-state index contributed by atoms with van der Waals surface area (Å²) in [7, 11) is 3.33. The smallest absolute Gasteiger partial charge is 0.137 e. The number of methoxy groups -OCH3 is 2. The van der Waals surface area contributed by atoms with Crippen molar-refractivity contribution in [3.8, 4) is 67.9 Å². The molecule has 0 aliphatic carbocycles. The van der Waals surface area contributed by atoms with E-state index in [4.69, 9.17) is 19.6 Å². The Morgan fingerprint density at radius 1 is 0.578 bits per heavy atom. The van der Waals surface area contributed by atoms with Crippen LogP contribution >= 0.6 is 0 Å². The Morgan fingerprint density at radius 2 is 1.11 bits per heavy atom. The van der Waals surface area contributed by atoms with Crippen molar-refractivity contribution in [1.29, 1.82) is 0 Å². The van der Waals surface area contributed by atoms with Gasteiger partial charge in [-0.1, -0.05) is 41.6 Å². The van der Waals surface area contributed by atoms with Crippen LogP contribution < -0.4 is 9.47 Å². The quantitative estimate of drug-likeness (QED) is 0.179. The number of aromatic nitrogens is 6. The predicted molar refractivity (Wildman–Crippen MR) is 176 cm³/mol. The molecule has 0 spiro atoms. The number of rotatable bonds is 8. The largest absolute Gasteiger partial charge is 0.497 e. The lowest BCUT2D eigenvalue weighted by molar-refractivity contribution is 0.415. The molecule has 0 aliphatic heterocycles. The first-order valence-corrected chi connectivity index (χ1v) is 14.6. The van der Waals surface area contributed by atoms with E-state index in [9.17, 15) is 0 Å². The van der Waals surface area contributed by atoms with Gasteiger partial charge in [0.15, 0.2) is 0 Å². The van der Waals surface area contributed by atoms with E-state index in [0.717, 1.165) is 67.9 Å². The Morgan fingerprint density at radius 3 is 1.64 bits per heavy atom. The molecule has 4 aromatic carbocycles. The number of nitrogens with zero attached hydrogens (tertiary/aromatic N) is 6. The summed E-state index contributed by atoms with van der Waals surface area (Å²) in [6.07, 6.45) is 2.05. The Hall–Kier alpha value is -6.02. The van der Waals surface area contributed by atoms with Gasteiger partial charge in [0.05, 0.1) is 42.7 Å². The number of hydrogen-bond acceptors (Lipinski definition) is 6. The van der Waals surface area contributed by atoms with Crippen LogP contribution in [0.5, 0.6) is 11.5 Å². The highest BCUT2D eigenvalue weighted by molar-refractivity contribution is 5.84. The van der Waals surface area contributed by atoms with E-state index in [1.807, 2.05) is 125 Å². The van der Waals surface area contributed by atoms with Crippen molar-refractivity contribution in [3.05, 3.63) is 133 Å². The van der Waals surface area contributed by atoms with Crippen LogP contribution in [0.2, 0.25) is 0 Å². The van der Waals surface area contributed by atoms with E-state index in [0.29, 0.717) is 5.69 Å². The zero-order chi connectivity index (χ0) is 30.8. The highest BCUT2D eigenvalue weighted by Crippen LogP contribution is 2.37. The molecule has 8 heteroatoms. The second kappa shape index (κ2) is 11.9. The molecular formula is C37H30N6O2. The minimum absolute atomic E-state index is 0.706. The highest BCUT2D eigenvalue weighted by atomic mass is 16.5. The normalized spacial score (nSPS) is 11.0. The van der Waals surface area contributed by atoms with Crippen LogP contribution in [0.25, 0.3) is 56.4 Å². The third-order valence-electron chi connectivity index (χ3n) is 7.76. The van der Waals surface area contributed by atoms with Crippen molar-refractivity contribution in [2.45, 2.75) is 6.92 Å². The summed E-state index contributed by atoms with van der Waals surface area (Å²) in [6.45, 7) is 2.02. The summed E-state index contributed by atoms with van der Waals surface area (Å²) in [6, 6.07) is 40.1. The summed E-state index contributed by atoms with van der Waals surface area (Å²) >= 11 is 0. The van der Waals surface area contributed by atoms with Crippen molar-refractivity contribution in [2.24, 2.45) is 0 Å². The molecule has 3 aromatic heterocycles. The zero-order valence-corrected chi connectivity index (χ0v) is 25.1. The van der Waals surface area contributed by atoms with E-state index in [-0.39, 0.29) is 0 Å². The van der Waals surface area contributed by atoms with Crippen LogP contribution in [-0.4, -0.2) is 44.0 Å². The fraction of sp³-hybridized carbons (Fsp3) is 0.0811. The molecular weight excluding hydrogens is 560 g/mol. The van der Waals surface area contributed by atoms with Crippen molar-refractivity contribution in [3.63, 3.8) is 0 Å². The molecule has 0 fully saturated rings. The molecule has 0 amide bonds. The number of ether oxygens (including phenoxy) is 2. The zero-order valence-electron chi connectivity index (χ0n) is 25.1. The van der Waals surface area contributed by atoms with E-state index in [1.165, 1.54) is 0 Å². The average molecular weight is 591 g/mol. The molecule has 0 aliphatic rings. The lowest BCUT2D eigenvalue weighted by Gasteiger charge is -2.11. The maximum Gasteiger partial charge on any atom is 0.137 e. The van der Waals surface area contributed by atoms with Gasteiger partial charge in [0.25, 0.3) is 0 Å². The monoisotopic (exact) mass is 590 g/mol. The lowest BCUT2D eigenvalue weighted by Crippen LogP contribution is -1.99. The summed E-state index contributed by atoms with van der Waals surface area (Å²) in [4.78, 5) is 5.10. The Kier molecular flexibility index (Phi) is 7.37. The summed E-state index contributed by atoms with van der Waals surface area (Å²) < 4.78 is 14.6. The van der Waals surface area contributed by atoms with Gasteiger partial charge >= 0.3 is 0 Å². The van der Waals surface area contributed by atoms with Crippen LogP contribution in [0, 0.1) is 6.92 Å². The van der Waals surface area contributed by atoms with Crippen molar-refractivity contribution < 1.29 is 9.47 Å². The maximum absolute atomic E-state index is 5.41. The number of para-hydroxylation sites is 2. The molecule has 0 unspecified atom stereocenters. The molecule has 0 N–H and O–H groups in total. The average Bonchev–Trinajstić information content (AvgIpc) is 3.72. The second-order valence-corrected chi connectivity index (χ2v) is 10.5. The Labute approximate surface area is 261 Å². The predicted octanol–water partition coefficient (Wildman–Crippen LogP) is 7.84. The number of benzene rings is 4. The molecule has 3 heterocycles. The molecule has 7 aromatic rings. The first-order valence-electron chi connectivity index (χ1n) is 14.6. The van der Waals surface area contributed by atoms with Gasteiger partial charge in [-0.3, -0.25) is 0 Å². The fourth-order valence-electron chi connectivity index (χ4n) is 5.34. The maximum atomic E-state index is 5.41. The number of pyridine rings is 1. The first kappa shape index (κ1) is 27.8. The van der Waals surface area contributed by atoms with Gasteiger partial charge in [-0.15, -0.1) is 5.10 Å². The molecule has 0 bridgehead atoms. The molecule has 220 valence electrons. The molecule has 0 saturated heterocycles. The minimum Gasteiger partial charge on any atom is -0.497 e. The summed E-state index contributed by atoms with van der Waals surface area (Å²) in [5.74, 6) is 1.57.